The second-order valence-corrected chi connectivity index (χ2v) is 7.88. The predicted octanol–water partition coefficient (Wildman–Crippen LogP) is 0.954. The summed E-state index contributed by atoms with van der Waals surface area (Å²) in [6, 6.07) is 11.7. The number of hydrogen-bond acceptors (Lipinski definition) is 6. The summed E-state index contributed by atoms with van der Waals surface area (Å²) in [6.45, 7) is 4.27. The van der Waals surface area contributed by atoms with Gasteiger partial charge in [0.05, 0.1) is 6.54 Å². The molecule has 10 heteroatoms. The van der Waals surface area contributed by atoms with E-state index in [2.05, 4.69) is 10.1 Å². The van der Waals surface area contributed by atoms with E-state index >= 15 is 0 Å². The number of H-pyrrole nitrogens is 1. The minimum absolute atomic E-state index is 0.0181. The van der Waals surface area contributed by atoms with E-state index in [0.29, 0.717) is 6.42 Å². The van der Waals surface area contributed by atoms with E-state index in [1.54, 1.807) is 0 Å². The van der Waals surface area contributed by atoms with Gasteiger partial charge in [-0.2, -0.15) is 5.10 Å². The van der Waals surface area contributed by atoms with E-state index in [-0.39, 0.29) is 41.8 Å². The quantitative estimate of drug-likeness (QED) is 0.564. The van der Waals surface area contributed by atoms with Crippen molar-refractivity contribution in [2.45, 2.75) is 26.8 Å². The van der Waals surface area contributed by atoms with Crippen LogP contribution in [-0.4, -0.2) is 31.8 Å². The van der Waals surface area contributed by atoms with Gasteiger partial charge in [0.1, 0.15) is 11.5 Å². The van der Waals surface area contributed by atoms with Gasteiger partial charge in [-0.3, -0.25) is 28.8 Å². The highest BCUT2D eigenvalue weighted by Gasteiger charge is 2.26. The van der Waals surface area contributed by atoms with E-state index in [0.717, 1.165) is 10.2 Å². The van der Waals surface area contributed by atoms with Crippen LogP contribution in [0.1, 0.15) is 36.3 Å². The molecule has 0 aliphatic rings. The minimum atomic E-state index is -0.765. The molecule has 2 aromatic heterocycles. The number of benzene rings is 1. The fourth-order valence-electron chi connectivity index (χ4n) is 3.22. The number of anilines is 2. The largest absolute Gasteiger partial charge is 0.383 e. The second-order valence-electron chi connectivity index (χ2n) is 7.88. The van der Waals surface area contributed by atoms with Gasteiger partial charge >= 0.3 is 5.69 Å². The van der Waals surface area contributed by atoms with E-state index in [4.69, 9.17) is 5.73 Å². The van der Waals surface area contributed by atoms with Gasteiger partial charge in [-0.05, 0) is 24.0 Å². The van der Waals surface area contributed by atoms with Crippen molar-refractivity contribution in [3.05, 3.63) is 84.9 Å². The topological polar surface area (TPSA) is 136 Å². The molecular weight excluding hydrogens is 412 g/mol. The standard InChI is InChI=1S/C22H26N6O4/c1-14(2)11-12-27(21(31)16-9-10-17(29)26(3)25-16)18-19(23)28(22(32)24-20(18)30)13-15-7-5-4-6-8-15/h4-10,14H,11-13,23H2,1-3H3,(H,24,30,32). The first-order valence-electron chi connectivity index (χ1n) is 10.2. The summed E-state index contributed by atoms with van der Waals surface area (Å²) in [5.41, 5.74) is 5.14. The highest BCUT2D eigenvalue weighted by molar-refractivity contribution is 6.05. The van der Waals surface area contributed by atoms with E-state index in [9.17, 15) is 19.2 Å². The Bertz CT molecular complexity index is 1290. The molecule has 0 fully saturated rings. The van der Waals surface area contributed by atoms with Crippen LogP contribution in [0.15, 0.2) is 56.8 Å². The lowest BCUT2D eigenvalue weighted by molar-refractivity contribution is 0.0978. The summed E-state index contributed by atoms with van der Waals surface area (Å²) in [7, 11) is 1.43. The molecule has 168 valence electrons. The number of aryl methyl sites for hydroxylation is 1. The molecule has 0 atom stereocenters. The number of hydrogen-bond donors (Lipinski definition) is 2. The fourth-order valence-corrected chi connectivity index (χ4v) is 3.22. The summed E-state index contributed by atoms with van der Waals surface area (Å²) in [5, 5.41) is 4.00. The van der Waals surface area contributed by atoms with Gasteiger partial charge in [0.2, 0.25) is 0 Å². The van der Waals surface area contributed by atoms with Crippen LogP contribution in [0, 0.1) is 5.92 Å². The Kier molecular flexibility index (Phi) is 6.72. The number of aromatic amines is 1. The normalized spacial score (nSPS) is 11.0. The fraction of sp³-hybridized carbons (Fsp3) is 0.318. The highest BCUT2D eigenvalue weighted by Crippen LogP contribution is 2.21. The molecule has 3 rings (SSSR count). The smallest absolute Gasteiger partial charge is 0.330 e. The third kappa shape index (κ3) is 4.85. The van der Waals surface area contributed by atoms with E-state index < -0.39 is 17.2 Å². The van der Waals surface area contributed by atoms with Crippen molar-refractivity contribution in [3.8, 4) is 0 Å². The Labute approximate surface area is 183 Å². The maximum absolute atomic E-state index is 13.3. The van der Waals surface area contributed by atoms with E-state index in [1.807, 2.05) is 44.2 Å². The predicted molar refractivity (Wildman–Crippen MR) is 122 cm³/mol. The molecular formula is C22H26N6O4. The molecule has 0 aliphatic carbocycles. The number of nitrogen functional groups attached to an aromatic ring is 1. The molecule has 3 aromatic rings. The molecule has 0 unspecified atom stereocenters. The van der Waals surface area contributed by atoms with Crippen LogP contribution < -0.4 is 27.4 Å². The number of carbonyl (C=O) groups is 1. The maximum Gasteiger partial charge on any atom is 0.330 e. The summed E-state index contributed by atoms with van der Waals surface area (Å²) in [5.74, 6) is -0.484. The average Bonchev–Trinajstić information content (AvgIpc) is 2.75. The van der Waals surface area contributed by atoms with Gasteiger partial charge in [0.15, 0.2) is 5.69 Å². The first-order chi connectivity index (χ1) is 15.2. The third-order valence-electron chi connectivity index (χ3n) is 5.02. The zero-order chi connectivity index (χ0) is 23.4. The lowest BCUT2D eigenvalue weighted by Gasteiger charge is -2.25. The summed E-state index contributed by atoms with van der Waals surface area (Å²) in [4.78, 5) is 53.8. The zero-order valence-electron chi connectivity index (χ0n) is 18.2. The zero-order valence-corrected chi connectivity index (χ0v) is 18.2. The summed E-state index contributed by atoms with van der Waals surface area (Å²) >= 11 is 0. The number of rotatable bonds is 7. The highest BCUT2D eigenvalue weighted by atomic mass is 16.2. The Morgan fingerprint density at radius 1 is 1.12 bits per heavy atom. The molecule has 0 aliphatic heterocycles. The van der Waals surface area contributed by atoms with Gasteiger partial charge in [0, 0.05) is 19.7 Å². The molecule has 10 nitrogen and oxygen atoms in total. The van der Waals surface area contributed by atoms with Crippen molar-refractivity contribution in [1.29, 1.82) is 0 Å². The van der Waals surface area contributed by atoms with Crippen LogP contribution in [-0.2, 0) is 13.6 Å². The number of nitrogens with one attached hydrogen (secondary N) is 1. The second kappa shape index (κ2) is 9.46. The van der Waals surface area contributed by atoms with Crippen LogP contribution in [0.4, 0.5) is 11.5 Å². The summed E-state index contributed by atoms with van der Waals surface area (Å²) < 4.78 is 2.26. The van der Waals surface area contributed by atoms with Crippen molar-refractivity contribution in [2.75, 3.05) is 17.2 Å². The molecule has 0 radical (unpaired) electrons. The Morgan fingerprint density at radius 3 is 2.44 bits per heavy atom. The molecule has 2 heterocycles. The number of nitrogens with two attached hydrogens (primary N) is 1. The monoisotopic (exact) mass is 438 g/mol. The van der Waals surface area contributed by atoms with Gasteiger partial charge in [-0.1, -0.05) is 44.2 Å². The van der Waals surface area contributed by atoms with Gasteiger partial charge in [-0.15, -0.1) is 0 Å². The van der Waals surface area contributed by atoms with Crippen LogP contribution in [0.3, 0.4) is 0 Å². The van der Waals surface area contributed by atoms with Crippen molar-refractivity contribution >= 4 is 17.4 Å². The SMILES string of the molecule is CC(C)CCN(C(=O)c1ccc(=O)n(C)n1)c1c(N)n(Cc2ccccc2)c(=O)[nH]c1=O. The third-order valence-corrected chi connectivity index (χ3v) is 5.02. The molecule has 3 N–H and O–H groups in total. The van der Waals surface area contributed by atoms with Crippen molar-refractivity contribution < 1.29 is 4.79 Å². The number of nitrogens with zero attached hydrogens (tertiary/aromatic N) is 4. The van der Waals surface area contributed by atoms with E-state index in [1.165, 1.54) is 28.6 Å². The molecule has 32 heavy (non-hydrogen) atoms. The number of amides is 1. The lowest BCUT2D eigenvalue weighted by atomic mass is 10.1. The average molecular weight is 438 g/mol. The molecule has 0 bridgehead atoms. The lowest BCUT2D eigenvalue weighted by Crippen LogP contribution is -2.42. The van der Waals surface area contributed by atoms with Crippen LogP contribution in [0.5, 0.6) is 0 Å². The van der Waals surface area contributed by atoms with Crippen LogP contribution in [0.25, 0.3) is 0 Å². The Hall–Kier alpha value is -3.95. The van der Waals surface area contributed by atoms with Gasteiger partial charge < -0.3 is 5.73 Å². The minimum Gasteiger partial charge on any atom is -0.383 e. The molecule has 0 spiro atoms. The van der Waals surface area contributed by atoms with Crippen molar-refractivity contribution in [2.24, 2.45) is 13.0 Å². The Morgan fingerprint density at radius 2 is 1.81 bits per heavy atom. The molecule has 0 saturated carbocycles. The Balaban J connectivity index is 2.13. The molecule has 0 saturated heterocycles. The molecule has 1 aromatic carbocycles. The molecule has 1 amide bonds. The van der Waals surface area contributed by atoms with Gasteiger partial charge in [0.25, 0.3) is 17.0 Å². The van der Waals surface area contributed by atoms with Crippen molar-refractivity contribution in [3.63, 3.8) is 0 Å². The maximum atomic E-state index is 13.3. The first kappa shape index (κ1) is 22.7. The van der Waals surface area contributed by atoms with Crippen LogP contribution >= 0.6 is 0 Å². The van der Waals surface area contributed by atoms with Crippen LogP contribution in [0.2, 0.25) is 0 Å². The van der Waals surface area contributed by atoms with Crippen molar-refractivity contribution in [1.82, 2.24) is 19.3 Å². The summed E-state index contributed by atoms with van der Waals surface area (Å²) in [6.07, 6.45) is 0.578. The van der Waals surface area contributed by atoms with Gasteiger partial charge in [-0.25, -0.2) is 9.48 Å². The first-order valence-corrected chi connectivity index (χ1v) is 10.2. The number of carbonyl (C=O) groups excluding carboxylic acids is 1. The number of aromatic nitrogens is 4.